The molecule has 24 heavy (non-hydrogen) atoms. The van der Waals surface area contributed by atoms with Crippen molar-refractivity contribution in [2.75, 3.05) is 0 Å². The molecule has 126 valence electrons. The second kappa shape index (κ2) is 7.70. The Labute approximate surface area is 145 Å². The minimum absolute atomic E-state index is 0.0148. The first-order valence-electron chi connectivity index (χ1n) is 7.16. The summed E-state index contributed by atoms with van der Waals surface area (Å²) in [5.41, 5.74) is 1.61. The van der Waals surface area contributed by atoms with Crippen molar-refractivity contribution >= 4 is 32.6 Å². The number of sulfonamides is 1. The molecular weight excluding hydrogens is 350 g/mol. The van der Waals surface area contributed by atoms with Crippen molar-refractivity contribution in [2.24, 2.45) is 0 Å². The molecule has 0 fully saturated rings. The lowest BCUT2D eigenvalue weighted by molar-refractivity contribution is -0.133. The van der Waals surface area contributed by atoms with Crippen LogP contribution in [0.2, 0.25) is 0 Å². The van der Waals surface area contributed by atoms with Gasteiger partial charge in [0.1, 0.15) is 0 Å². The van der Waals surface area contributed by atoms with Gasteiger partial charge in [0.15, 0.2) is 0 Å². The Hall–Kier alpha value is -2.02. The molecule has 7 heteroatoms. The molecule has 2 aromatic carbocycles. The summed E-state index contributed by atoms with van der Waals surface area (Å²) in [5, 5.41) is -1.21. The van der Waals surface area contributed by atoms with Crippen LogP contribution in [0.25, 0.3) is 0 Å². The smallest absolute Gasteiger partial charge is 0.288 e. The molecule has 0 aliphatic rings. The number of rotatable bonds is 7. The van der Waals surface area contributed by atoms with E-state index in [1.165, 1.54) is 12.1 Å². The fraction of sp³-hybridized carbons (Fsp3) is 0.176. The van der Waals surface area contributed by atoms with Crippen molar-refractivity contribution in [2.45, 2.75) is 24.3 Å². The van der Waals surface area contributed by atoms with Crippen LogP contribution in [0.4, 0.5) is 0 Å². The molecule has 2 rings (SSSR count). The number of carbonyl (C=O) groups excluding carboxylic acids is 2. The molecule has 0 spiro atoms. The highest BCUT2D eigenvalue weighted by Gasteiger charge is 2.29. The van der Waals surface area contributed by atoms with E-state index in [1.54, 1.807) is 42.5 Å². The van der Waals surface area contributed by atoms with Crippen molar-refractivity contribution < 1.29 is 18.0 Å². The summed E-state index contributed by atoms with van der Waals surface area (Å²) in [6.07, 6.45) is 0.0310. The zero-order valence-electron chi connectivity index (χ0n) is 12.9. The minimum Gasteiger partial charge on any atom is -0.288 e. The third-order valence-electron chi connectivity index (χ3n) is 3.42. The summed E-state index contributed by atoms with van der Waals surface area (Å²) in [7, 11) is -3.96. The molecule has 1 atom stereocenters. The van der Waals surface area contributed by atoms with Crippen LogP contribution in [0, 0.1) is 6.92 Å². The van der Waals surface area contributed by atoms with Gasteiger partial charge in [-0.1, -0.05) is 48.0 Å². The van der Waals surface area contributed by atoms with Gasteiger partial charge in [0, 0.05) is 0 Å². The molecule has 0 aromatic heterocycles. The molecule has 0 saturated carbocycles. The van der Waals surface area contributed by atoms with Gasteiger partial charge >= 0.3 is 0 Å². The number of ketones is 1. The summed E-state index contributed by atoms with van der Waals surface area (Å²) < 4.78 is 27.2. The van der Waals surface area contributed by atoms with Gasteiger partial charge in [0.05, 0.1) is 10.9 Å². The minimum atomic E-state index is -3.96. The highest BCUT2D eigenvalue weighted by Crippen LogP contribution is 2.13. The molecule has 0 aliphatic carbocycles. The molecule has 0 bridgehead atoms. The predicted octanol–water partition coefficient (Wildman–Crippen LogP) is 2.22. The Morgan fingerprint density at radius 3 is 2.17 bits per heavy atom. The van der Waals surface area contributed by atoms with Gasteiger partial charge in [0.25, 0.3) is 5.24 Å². The van der Waals surface area contributed by atoms with Crippen LogP contribution in [0.3, 0.4) is 0 Å². The molecule has 5 nitrogen and oxygen atoms in total. The van der Waals surface area contributed by atoms with Gasteiger partial charge in [-0.25, -0.2) is 8.42 Å². The molecule has 0 heterocycles. The monoisotopic (exact) mass is 365 g/mol. The Bertz CT molecular complexity index is 833. The molecule has 0 radical (unpaired) electrons. The van der Waals surface area contributed by atoms with Gasteiger partial charge in [-0.05, 0) is 42.6 Å². The molecule has 0 saturated heterocycles. The lowest BCUT2D eigenvalue weighted by Crippen LogP contribution is -2.44. The molecule has 0 aliphatic heterocycles. The van der Waals surface area contributed by atoms with Crippen molar-refractivity contribution in [3.8, 4) is 0 Å². The topological polar surface area (TPSA) is 80.3 Å². The lowest BCUT2D eigenvalue weighted by atomic mass is 10.0. The Morgan fingerprint density at radius 1 is 1.04 bits per heavy atom. The number of Topliss-reactive ketones (excluding diaryl/α,β-unsaturated/α-hetero) is 1. The predicted molar refractivity (Wildman–Crippen MR) is 91.3 cm³/mol. The Balaban J connectivity index is 2.28. The number of hydrogen-bond acceptors (Lipinski definition) is 4. The van der Waals surface area contributed by atoms with Crippen molar-refractivity contribution in [1.82, 2.24) is 4.72 Å². The summed E-state index contributed by atoms with van der Waals surface area (Å²) >= 11 is 5.26. The average molecular weight is 366 g/mol. The van der Waals surface area contributed by atoms with E-state index < -0.39 is 27.1 Å². The first-order valence-corrected chi connectivity index (χ1v) is 9.02. The molecular formula is C17H16ClNO4S. The van der Waals surface area contributed by atoms with Crippen LogP contribution in [-0.4, -0.2) is 25.5 Å². The quantitative estimate of drug-likeness (QED) is 0.602. The standard InChI is InChI=1S/C17H16ClNO4S/c1-12-7-9-14(10-8-12)24(22,23)19-15(16(20)17(18)21)11-13-5-3-2-4-6-13/h2-10,15,19H,11H2,1H3/t15-/m0/s1. The van der Waals surface area contributed by atoms with Crippen molar-refractivity contribution in [3.05, 3.63) is 65.7 Å². The highest BCUT2D eigenvalue weighted by molar-refractivity contribution is 7.89. The van der Waals surface area contributed by atoms with Crippen LogP contribution in [-0.2, 0) is 26.0 Å². The third-order valence-corrected chi connectivity index (χ3v) is 5.10. The van der Waals surface area contributed by atoms with Crippen molar-refractivity contribution in [1.29, 1.82) is 0 Å². The largest absolute Gasteiger partial charge is 0.289 e. The summed E-state index contributed by atoms with van der Waals surface area (Å²) in [4.78, 5) is 23.2. The molecule has 1 N–H and O–H groups in total. The Kier molecular flexibility index (Phi) is 5.88. The maximum absolute atomic E-state index is 12.5. The van der Waals surface area contributed by atoms with E-state index in [1.807, 2.05) is 6.92 Å². The van der Waals surface area contributed by atoms with Gasteiger partial charge in [-0.3, -0.25) is 9.59 Å². The fourth-order valence-electron chi connectivity index (χ4n) is 2.15. The number of halogens is 1. The first-order chi connectivity index (χ1) is 11.3. The second-order valence-corrected chi connectivity index (χ2v) is 7.37. The third kappa shape index (κ3) is 4.74. The van der Waals surface area contributed by atoms with E-state index in [4.69, 9.17) is 11.6 Å². The van der Waals surface area contributed by atoms with Crippen LogP contribution >= 0.6 is 11.6 Å². The van der Waals surface area contributed by atoms with E-state index >= 15 is 0 Å². The Morgan fingerprint density at radius 2 is 1.62 bits per heavy atom. The van der Waals surface area contributed by atoms with E-state index in [9.17, 15) is 18.0 Å². The maximum atomic E-state index is 12.5. The zero-order valence-corrected chi connectivity index (χ0v) is 14.5. The first kappa shape index (κ1) is 18.3. The van der Waals surface area contributed by atoms with E-state index in [-0.39, 0.29) is 11.3 Å². The molecule has 0 unspecified atom stereocenters. The number of nitrogens with one attached hydrogen (secondary N) is 1. The molecule has 2 aromatic rings. The number of benzene rings is 2. The van der Waals surface area contributed by atoms with Crippen LogP contribution in [0.5, 0.6) is 0 Å². The summed E-state index contributed by atoms with van der Waals surface area (Å²) in [5.74, 6) is -0.990. The van der Waals surface area contributed by atoms with E-state index in [0.29, 0.717) is 5.56 Å². The highest BCUT2D eigenvalue weighted by atomic mass is 35.5. The number of aryl methyl sites for hydroxylation is 1. The van der Waals surface area contributed by atoms with E-state index in [0.717, 1.165) is 5.56 Å². The second-order valence-electron chi connectivity index (χ2n) is 5.31. The lowest BCUT2D eigenvalue weighted by Gasteiger charge is -2.16. The SMILES string of the molecule is Cc1ccc(S(=O)(=O)N[C@@H](Cc2ccccc2)C(=O)C(=O)Cl)cc1. The van der Waals surface area contributed by atoms with Gasteiger partial charge in [-0.2, -0.15) is 4.72 Å². The van der Waals surface area contributed by atoms with Gasteiger partial charge < -0.3 is 0 Å². The number of carbonyl (C=O) groups is 2. The zero-order chi connectivity index (χ0) is 17.7. The molecule has 0 amide bonds. The van der Waals surface area contributed by atoms with Crippen LogP contribution in [0.15, 0.2) is 59.5 Å². The van der Waals surface area contributed by atoms with Crippen molar-refractivity contribution in [3.63, 3.8) is 0 Å². The fourth-order valence-corrected chi connectivity index (χ4v) is 3.47. The number of hydrogen-bond donors (Lipinski definition) is 1. The van der Waals surface area contributed by atoms with Crippen LogP contribution in [0.1, 0.15) is 11.1 Å². The van der Waals surface area contributed by atoms with Gasteiger partial charge in [-0.15, -0.1) is 0 Å². The van der Waals surface area contributed by atoms with E-state index in [2.05, 4.69) is 4.72 Å². The van der Waals surface area contributed by atoms with Crippen LogP contribution < -0.4 is 4.72 Å². The van der Waals surface area contributed by atoms with Gasteiger partial charge in [0.2, 0.25) is 15.8 Å². The average Bonchev–Trinajstić information content (AvgIpc) is 2.54. The maximum Gasteiger partial charge on any atom is 0.289 e. The summed E-state index contributed by atoms with van der Waals surface area (Å²) in [6, 6.07) is 13.7. The summed E-state index contributed by atoms with van der Waals surface area (Å²) in [6.45, 7) is 1.83. The normalized spacial score (nSPS) is 12.6.